The van der Waals surface area contributed by atoms with Gasteiger partial charge in [-0.2, -0.15) is 5.10 Å². The largest absolute Gasteiger partial charge is 0.290 e. The third-order valence-corrected chi connectivity index (χ3v) is 3.31. The molecule has 0 saturated heterocycles. The van der Waals surface area contributed by atoms with Crippen LogP contribution in [0, 0.1) is 23.0 Å². The summed E-state index contributed by atoms with van der Waals surface area (Å²) in [6.07, 6.45) is 2.55. The predicted molar refractivity (Wildman–Crippen MR) is 60.9 cm³/mol. The van der Waals surface area contributed by atoms with Gasteiger partial charge in [-0.15, -0.1) is 0 Å². The first-order chi connectivity index (χ1) is 8.06. The van der Waals surface area contributed by atoms with E-state index < -0.39 is 4.92 Å². The number of hydrogen-bond donors (Lipinski definition) is 0. The van der Waals surface area contributed by atoms with Crippen molar-refractivity contribution in [2.24, 2.45) is 5.92 Å². The summed E-state index contributed by atoms with van der Waals surface area (Å²) in [5, 5.41) is 15.1. The van der Waals surface area contributed by atoms with Crippen molar-refractivity contribution < 1.29 is 4.92 Å². The third-order valence-electron chi connectivity index (χ3n) is 3.31. The molecular formula is C11H12N4O2. The summed E-state index contributed by atoms with van der Waals surface area (Å²) < 4.78 is 1.51. The Hall–Kier alpha value is -1.98. The van der Waals surface area contributed by atoms with E-state index in [1.54, 1.807) is 13.0 Å². The van der Waals surface area contributed by atoms with E-state index in [1.807, 2.05) is 0 Å². The standard InChI is InChI=1S/C11H12N4O2/c1-6-3-8(6)11-12-10-4-7(2)9(15(16)17)5-14(10)13-11/h4-6,8H,3H2,1-2H3/t6-,8?/m0/s1. The van der Waals surface area contributed by atoms with Crippen molar-refractivity contribution in [3.8, 4) is 0 Å². The Kier molecular flexibility index (Phi) is 1.95. The second kappa shape index (κ2) is 3.26. The molecule has 2 atom stereocenters. The summed E-state index contributed by atoms with van der Waals surface area (Å²) in [4.78, 5) is 14.8. The Balaban J connectivity index is 2.13. The van der Waals surface area contributed by atoms with Crippen LogP contribution in [0.15, 0.2) is 12.3 Å². The zero-order chi connectivity index (χ0) is 12.2. The summed E-state index contributed by atoms with van der Waals surface area (Å²) >= 11 is 0. The molecule has 0 N–H and O–H groups in total. The van der Waals surface area contributed by atoms with Crippen LogP contribution in [-0.2, 0) is 0 Å². The van der Waals surface area contributed by atoms with Crippen molar-refractivity contribution in [1.29, 1.82) is 0 Å². The van der Waals surface area contributed by atoms with Gasteiger partial charge in [0.05, 0.1) is 4.92 Å². The minimum Gasteiger partial charge on any atom is -0.258 e. The average molecular weight is 232 g/mol. The fourth-order valence-electron chi connectivity index (χ4n) is 2.06. The van der Waals surface area contributed by atoms with Gasteiger partial charge in [0.25, 0.3) is 5.69 Å². The molecule has 1 fully saturated rings. The van der Waals surface area contributed by atoms with Crippen LogP contribution in [0.3, 0.4) is 0 Å². The molecule has 88 valence electrons. The number of hydrogen-bond acceptors (Lipinski definition) is 4. The van der Waals surface area contributed by atoms with Crippen LogP contribution in [-0.4, -0.2) is 19.5 Å². The van der Waals surface area contributed by atoms with E-state index in [9.17, 15) is 10.1 Å². The molecule has 3 rings (SSSR count). The van der Waals surface area contributed by atoms with E-state index in [4.69, 9.17) is 0 Å². The van der Waals surface area contributed by atoms with Gasteiger partial charge < -0.3 is 0 Å². The number of rotatable bonds is 2. The minimum atomic E-state index is -0.393. The molecule has 6 heteroatoms. The summed E-state index contributed by atoms with van der Waals surface area (Å²) in [5.74, 6) is 1.86. The van der Waals surface area contributed by atoms with Crippen molar-refractivity contribution >= 4 is 11.3 Å². The monoisotopic (exact) mass is 232 g/mol. The van der Waals surface area contributed by atoms with Crippen molar-refractivity contribution in [3.05, 3.63) is 33.8 Å². The number of fused-ring (bicyclic) bond motifs is 1. The van der Waals surface area contributed by atoms with Gasteiger partial charge in [-0.05, 0) is 25.3 Å². The van der Waals surface area contributed by atoms with E-state index in [2.05, 4.69) is 17.0 Å². The molecule has 1 aliphatic carbocycles. The molecule has 1 unspecified atom stereocenters. The van der Waals surface area contributed by atoms with E-state index in [-0.39, 0.29) is 5.69 Å². The third kappa shape index (κ3) is 1.56. The Morgan fingerprint density at radius 2 is 2.29 bits per heavy atom. The maximum atomic E-state index is 10.8. The van der Waals surface area contributed by atoms with Gasteiger partial charge in [-0.3, -0.25) is 10.1 Å². The highest BCUT2D eigenvalue weighted by molar-refractivity contribution is 5.49. The molecule has 0 radical (unpaired) electrons. The van der Waals surface area contributed by atoms with Gasteiger partial charge in [0, 0.05) is 11.5 Å². The summed E-state index contributed by atoms with van der Waals surface area (Å²) in [5.41, 5.74) is 1.38. The number of nitrogens with zero attached hydrogens (tertiary/aromatic N) is 4. The normalized spacial score (nSPS) is 22.9. The van der Waals surface area contributed by atoms with Crippen LogP contribution in [0.2, 0.25) is 0 Å². The first kappa shape index (κ1) is 10.2. The smallest absolute Gasteiger partial charge is 0.258 e. The first-order valence-corrected chi connectivity index (χ1v) is 5.57. The molecule has 17 heavy (non-hydrogen) atoms. The Morgan fingerprint density at radius 3 is 2.88 bits per heavy atom. The molecule has 0 spiro atoms. The maximum Gasteiger partial charge on any atom is 0.290 e. The van der Waals surface area contributed by atoms with E-state index in [1.165, 1.54) is 10.7 Å². The maximum absolute atomic E-state index is 10.8. The SMILES string of the molecule is Cc1cc2nc(C3C[C@@H]3C)nn2cc1[N+](=O)[O-]. The zero-order valence-corrected chi connectivity index (χ0v) is 9.62. The van der Waals surface area contributed by atoms with Crippen LogP contribution in [0.1, 0.15) is 30.7 Å². The number of aromatic nitrogens is 3. The Labute approximate surface area is 97.4 Å². The average Bonchev–Trinajstić information content (AvgIpc) is 2.85. The quantitative estimate of drug-likeness (QED) is 0.586. The topological polar surface area (TPSA) is 73.3 Å². The Bertz CT molecular complexity index is 619. The molecule has 0 aromatic carbocycles. The molecule has 0 bridgehead atoms. The molecular weight excluding hydrogens is 220 g/mol. The molecule has 2 aromatic heterocycles. The van der Waals surface area contributed by atoms with E-state index in [0.717, 1.165) is 12.2 Å². The summed E-state index contributed by atoms with van der Waals surface area (Å²) in [7, 11) is 0. The van der Waals surface area contributed by atoms with Crippen LogP contribution in [0.4, 0.5) is 5.69 Å². The van der Waals surface area contributed by atoms with Gasteiger partial charge >= 0.3 is 0 Å². The lowest BCUT2D eigenvalue weighted by molar-refractivity contribution is -0.385. The minimum absolute atomic E-state index is 0.0813. The fourth-order valence-corrected chi connectivity index (χ4v) is 2.06. The zero-order valence-electron chi connectivity index (χ0n) is 9.62. The predicted octanol–water partition coefficient (Wildman–Crippen LogP) is 2.07. The van der Waals surface area contributed by atoms with Crippen molar-refractivity contribution in [3.63, 3.8) is 0 Å². The first-order valence-electron chi connectivity index (χ1n) is 5.57. The molecule has 2 heterocycles. The highest BCUT2D eigenvalue weighted by atomic mass is 16.6. The molecule has 1 aliphatic rings. The molecule has 2 aromatic rings. The van der Waals surface area contributed by atoms with Crippen molar-refractivity contribution in [2.45, 2.75) is 26.2 Å². The fraction of sp³-hybridized carbons (Fsp3) is 0.455. The Morgan fingerprint density at radius 1 is 1.59 bits per heavy atom. The van der Waals surface area contributed by atoms with Gasteiger partial charge in [0.1, 0.15) is 6.20 Å². The highest BCUT2D eigenvalue weighted by Crippen LogP contribution is 2.45. The highest BCUT2D eigenvalue weighted by Gasteiger charge is 2.37. The van der Waals surface area contributed by atoms with Crippen LogP contribution < -0.4 is 0 Å². The van der Waals surface area contributed by atoms with Crippen LogP contribution in [0.5, 0.6) is 0 Å². The van der Waals surface area contributed by atoms with E-state index in [0.29, 0.717) is 23.0 Å². The van der Waals surface area contributed by atoms with Gasteiger partial charge in [0.15, 0.2) is 11.5 Å². The lowest BCUT2D eigenvalue weighted by Gasteiger charge is -1.96. The molecule has 1 saturated carbocycles. The number of aryl methyl sites for hydroxylation is 1. The molecule has 0 amide bonds. The summed E-state index contributed by atoms with van der Waals surface area (Å²) in [6.45, 7) is 3.87. The van der Waals surface area contributed by atoms with Crippen LogP contribution >= 0.6 is 0 Å². The van der Waals surface area contributed by atoms with Crippen LogP contribution in [0.25, 0.3) is 5.65 Å². The molecule has 6 nitrogen and oxygen atoms in total. The second-order valence-corrected chi connectivity index (χ2v) is 4.69. The number of nitro groups is 1. The van der Waals surface area contributed by atoms with Gasteiger partial charge in [-0.1, -0.05) is 6.92 Å². The second-order valence-electron chi connectivity index (χ2n) is 4.69. The van der Waals surface area contributed by atoms with Crippen molar-refractivity contribution in [1.82, 2.24) is 14.6 Å². The lowest BCUT2D eigenvalue weighted by atomic mass is 10.2. The summed E-state index contributed by atoms with van der Waals surface area (Å²) in [6, 6.07) is 1.71. The lowest BCUT2D eigenvalue weighted by Crippen LogP contribution is -1.96. The van der Waals surface area contributed by atoms with Gasteiger partial charge in [0.2, 0.25) is 0 Å². The van der Waals surface area contributed by atoms with Crippen molar-refractivity contribution in [2.75, 3.05) is 0 Å². The molecule has 0 aliphatic heterocycles. The number of pyridine rings is 1. The van der Waals surface area contributed by atoms with E-state index >= 15 is 0 Å². The van der Waals surface area contributed by atoms with Gasteiger partial charge in [-0.25, -0.2) is 9.50 Å².